The van der Waals surface area contributed by atoms with Gasteiger partial charge in [-0.3, -0.25) is 4.79 Å². The van der Waals surface area contributed by atoms with Crippen LogP contribution >= 0.6 is 0 Å². The summed E-state index contributed by atoms with van der Waals surface area (Å²) in [6, 6.07) is 22.1. The normalized spacial score (nSPS) is 12.9. The minimum absolute atomic E-state index is 0.00746. The number of aliphatic hydroxyl groups is 1. The van der Waals surface area contributed by atoms with Gasteiger partial charge in [-0.05, 0) is 79.1 Å². The number of hydrogen-bond donors (Lipinski definition) is 3. The van der Waals surface area contributed by atoms with Crippen LogP contribution in [0.15, 0.2) is 109 Å². The predicted molar refractivity (Wildman–Crippen MR) is 190 cm³/mol. The summed E-state index contributed by atoms with van der Waals surface area (Å²) in [6.45, 7) is 5.72. The van der Waals surface area contributed by atoms with Crippen LogP contribution in [0.1, 0.15) is 34.0 Å². The lowest BCUT2D eigenvalue weighted by Gasteiger charge is -2.26. The molecular formula is C37H40F2N4O6S. The Kier molecular flexibility index (Phi) is 13.2. The zero-order valence-corrected chi connectivity index (χ0v) is 28.8. The molecule has 0 spiro atoms. The molecule has 0 aliphatic carbocycles. The molecule has 0 aromatic heterocycles. The number of nitrogens with zero attached hydrogens (tertiary/aromatic N) is 2. The third-order valence-corrected chi connectivity index (χ3v) is 8.61. The van der Waals surface area contributed by atoms with Crippen molar-refractivity contribution >= 4 is 33.0 Å². The Hall–Kier alpha value is -5.11. The second-order valence-corrected chi connectivity index (χ2v) is 13.3. The van der Waals surface area contributed by atoms with E-state index in [1.165, 1.54) is 18.2 Å². The highest BCUT2D eigenvalue weighted by molar-refractivity contribution is 7.92. The van der Waals surface area contributed by atoms with E-state index < -0.39 is 39.7 Å². The number of anilines is 2. The first-order valence-electron chi connectivity index (χ1n) is 15.6. The highest BCUT2D eigenvalue weighted by Gasteiger charge is 2.26. The van der Waals surface area contributed by atoms with Crippen molar-refractivity contribution in [1.82, 2.24) is 10.6 Å². The van der Waals surface area contributed by atoms with Crippen LogP contribution in [-0.2, 0) is 27.8 Å². The third-order valence-electron chi connectivity index (χ3n) is 7.52. The SMILES string of the molecule is C=CCON=C(C)c1cc(C(=O)N[C@@H](Cc2cc(F)cc(F)c2)[C@H](O)CNCc2cccc(OC)c2)cc(N(c2ccccc2)S(C)(=O)=O)c1. The van der Waals surface area contributed by atoms with E-state index in [-0.39, 0.29) is 36.4 Å². The lowest BCUT2D eigenvalue weighted by molar-refractivity contribution is 0.0830. The Morgan fingerprint density at radius 1 is 0.960 bits per heavy atom. The summed E-state index contributed by atoms with van der Waals surface area (Å²) < 4.78 is 60.9. The number of hydrogen-bond acceptors (Lipinski definition) is 8. The number of halogens is 2. The van der Waals surface area contributed by atoms with Gasteiger partial charge in [-0.15, -0.1) is 0 Å². The quantitative estimate of drug-likeness (QED) is 0.0574. The number of amides is 1. The van der Waals surface area contributed by atoms with Crippen molar-refractivity contribution in [2.24, 2.45) is 5.16 Å². The molecule has 0 aliphatic heterocycles. The van der Waals surface area contributed by atoms with Gasteiger partial charge in [-0.1, -0.05) is 48.1 Å². The van der Waals surface area contributed by atoms with E-state index in [9.17, 15) is 27.1 Å². The van der Waals surface area contributed by atoms with E-state index in [2.05, 4.69) is 22.4 Å². The van der Waals surface area contributed by atoms with Crippen LogP contribution in [-0.4, -0.2) is 63.8 Å². The van der Waals surface area contributed by atoms with Gasteiger partial charge in [0, 0.05) is 30.3 Å². The average Bonchev–Trinajstić information content (AvgIpc) is 3.07. The minimum atomic E-state index is -3.91. The molecule has 10 nitrogen and oxygen atoms in total. The summed E-state index contributed by atoms with van der Waals surface area (Å²) in [5.74, 6) is -1.62. The summed E-state index contributed by atoms with van der Waals surface area (Å²) in [5, 5.41) is 21.3. The summed E-state index contributed by atoms with van der Waals surface area (Å²) in [7, 11) is -2.35. The van der Waals surface area contributed by atoms with Crippen LogP contribution in [0.25, 0.3) is 0 Å². The molecule has 1 amide bonds. The van der Waals surface area contributed by atoms with Crippen molar-refractivity contribution in [3.05, 3.63) is 138 Å². The van der Waals surface area contributed by atoms with Gasteiger partial charge in [0.15, 0.2) is 0 Å². The van der Waals surface area contributed by atoms with Gasteiger partial charge in [0.1, 0.15) is 24.0 Å². The van der Waals surface area contributed by atoms with Gasteiger partial charge in [0.2, 0.25) is 10.0 Å². The lowest BCUT2D eigenvalue weighted by Crippen LogP contribution is -2.48. The summed E-state index contributed by atoms with van der Waals surface area (Å²) in [5.41, 5.74) is 2.33. The molecule has 2 atom stereocenters. The third kappa shape index (κ3) is 10.7. The number of benzene rings is 4. The van der Waals surface area contributed by atoms with E-state index in [0.717, 1.165) is 34.3 Å². The molecule has 0 aliphatic rings. The number of sulfonamides is 1. The fourth-order valence-corrected chi connectivity index (χ4v) is 6.20. The predicted octanol–water partition coefficient (Wildman–Crippen LogP) is 5.49. The highest BCUT2D eigenvalue weighted by atomic mass is 32.2. The van der Waals surface area contributed by atoms with Gasteiger partial charge >= 0.3 is 0 Å². The Morgan fingerprint density at radius 3 is 2.32 bits per heavy atom. The van der Waals surface area contributed by atoms with Gasteiger partial charge < -0.3 is 25.3 Å². The molecular weight excluding hydrogens is 666 g/mol. The number of carbonyl (C=O) groups is 1. The van der Waals surface area contributed by atoms with E-state index in [0.29, 0.717) is 29.3 Å². The fraction of sp³-hybridized carbons (Fsp3) is 0.243. The molecule has 4 rings (SSSR count). The monoisotopic (exact) mass is 706 g/mol. The largest absolute Gasteiger partial charge is 0.497 e. The van der Waals surface area contributed by atoms with E-state index in [1.54, 1.807) is 56.5 Å². The molecule has 0 saturated carbocycles. The van der Waals surface area contributed by atoms with Crippen molar-refractivity contribution < 1.29 is 36.7 Å². The van der Waals surface area contributed by atoms with Crippen molar-refractivity contribution in [3.8, 4) is 5.75 Å². The van der Waals surface area contributed by atoms with Gasteiger partial charge in [-0.25, -0.2) is 21.5 Å². The Balaban J connectivity index is 1.70. The maximum atomic E-state index is 14.2. The first-order chi connectivity index (χ1) is 23.9. The van der Waals surface area contributed by atoms with Crippen LogP contribution in [0.2, 0.25) is 0 Å². The number of para-hydroxylation sites is 1. The second kappa shape index (κ2) is 17.5. The van der Waals surface area contributed by atoms with Crippen molar-refractivity contribution in [2.75, 3.05) is 30.8 Å². The number of methoxy groups -OCH3 is 1. The standard InChI is InChI=1S/C37H40F2N4O6S/c1-5-14-49-42-25(2)28-19-29(21-33(20-28)43(50(4,46)47)32-11-7-6-8-12-32)37(45)41-35(18-27-15-30(38)22-31(39)16-27)36(44)24-40-23-26-10-9-13-34(17-26)48-3/h5-13,15-17,19-22,35-36,40,44H,1,14,18,23-24H2,2-4H3,(H,41,45)/t35-,36+/m0/s1. The van der Waals surface area contributed by atoms with Crippen molar-refractivity contribution in [2.45, 2.75) is 32.0 Å². The van der Waals surface area contributed by atoms with Crippen LogP contribution < -0.4 is 19.7 Å². The number of nitrogens with one attached hydrogen (secondary N) is 2. The minimum Gasteiger partial charge on any atom is -0.497 e. The van der Waals surface area contributed by atoms with Gasteiger partial charge in [0.05, 0.1) is 42.6 Å². The first-order valence-corrected chi connectivity index (χ1v) is 17.5. The van der Waals surface area contributed by atoms with Gasteiger partial charge in [0.25, 0.3) is 5.91 Å². The Bertz CT molecular complexity index is 1900. The van der Waals surface area contributed by atoms with E-state index >= 15 is 0 Å². The number of carbonyl (C=O) groups excluding carboxylic acids is 1. The van der Waals surface area contributed by atoms with E-state index in [4.69, 9.17) is 9.57 Å². The number of ether oxygens (including phenoxy) is 1. The van der Waals surface area contributed by atoms with Crippen molar-refractivity contribution in [3.63, 3.8) is 0 Å². The zero-order valence-electron chi connectivity index (χ0n) is 28.0. The summed E-state index contributed by atoms with van der Waals surface area (Å²) in [4.78, 5) is 19.2. The van der Waals surface area contributed by atoms with E-state index in [1.807, 2.05) is 18.2 Å². The zero-order chi connectivity index (χ0) is 36.3. The molecule has 0 saturated heterocycles. The molecule has 3 N–H and O–H groups in total. The maximum absolute atomic E-state index is 14.2. The molecule has 264 valence electrons. The van der Waals surface area contributed by atoms with Crippen LogP contribution in [0, 0.1) is 11.6 Å². The Labute approximate surface area is 291 Å². The molecule has 4 aromatic rings. The molecule has 4 aromatic carbocycles. The molecule has 50 heavy (non-hydrogen) atoms. The number of oxime groups is 1. The smallest absolute Gasteiger partial charge is 0.251 e. The second-order valence-electron chi connectivity index (χ2n) is 11.5. The molecule has 0 unspecified atom stereocenters. The molecule has 13 heteroatoms. The fourth-order valence-electron chi connectivity index (χ4n) is 5.21. The highest BCUT2D eigenvalue weighted by Crippen LogP contribution is 2.30. The number of rotatable bonds is 17. The summed E-state index contributed by atoms with van der Waals surface area (Å²) in [6.07, 6.45) is 1.22. The van der Waals surface area contributed by atoms with Crippen molar-refractivity contribution in [1.29, 1.82) is 0 Å². The molecule has 0 heterocycles. The van der Waals surface area contributed by atoms with Crippen LogP contribution in [0.4, 0.5) is 20.2 Å². The first kappa shape index (κ1) is 37.7. The lowest BCUT2D eigenvalue weighted by atomic mass is 9.99. The Morgan fingerprint density at radius 2 is 1.66 bits per heavy atom. The topological polar surface area (TPSA) is 130 Å². The molecule has 0 radical (unpaired) electrons. The molecule has 0 bridgehead atoms. The molecule has 0 fully saturated rings. The van der Waals surface area contributed by atoms with Crippen LogP contribution in [0.3, 0.4) is 0 Å². The van der Waals surface area contributed by atoms with Gasteiger partial charge in [-0.2, -0.15) is 0 Å². The van der Waals surface area contributed by atoms with Crippen LogP contribution in [0.5, 0.6) is 5.75 Å². The maximum Gasteiger partial charge on any atom is 0.251 e. The number of aliphatic hydroxyl groups excluding tert-OH is 1. The average molecular weight is 707 g/mol. The summed E-state index contributed by atoms with van der Waals surface area (Å²) >= 11 is 0.